The SMILES string of the molecule is C[C@H](NC(=O)C(F)(F)F)C(=O)N(C)[C@@H](CC1CC1)C(=O)N1C[C@@]2(C[C@H]1C#N)Oc1cc(Cl)cnc1NC2=O. The Morgan fingerprint density at radius 3 is 2.71 bits per heavy atom. The number of halogens is 4. The summed E-state index contributed by atoms with van der Waals surface area (Å²) in [7, 11) is 1.25. The standard InChI is InChI=1S/C23H24ClF3N6O5/c1-11(30-21(37)23(25,26)27)18(34)32(2)15(5-12-3-4-12)19(35)33-10-22(7-14(33)8-28)20(36)31-17-16(38-22)6-13(24)9-29-17/h6,9,11-12,14-15H,3-5,7,10H2,1-2H3,(H,30,37)(H,29,31,36)/t11-,14-,15-,22+/m0/s1. The number of hydrogen-bond acceptors (Lipinski definition) is 7. The predicted octanol–water partition coefficient (Wildman–Crippen LogP) is 1.62. The van der Waals surface area contributed by atoms with Crippen LogP contribution in [0.15, 0.2) is 12.3 Å². The number of rotatable bonds is 6. The lowest BCUT2D eigenvalue weighted by Gasteiger charge is -2.35. The molecule has 1 aromatic heterocycles. The Labute approximate surface area is 220 Å². The number of anilines is 1. The fourth-order valence-corrected chi connectivity index (χ4v) is 4.76. The van der Waals surface area contributed by atoms with Crippen molar-refractivity contribution in [3.05, 3.63) is 17.3 Å². The van der Waals surface area contributed by atoms with Gasteiger partial charge in [0.15, 0.2) is 11.6 Å². The van der Waals surface area contributed by atoms with Crippen LogP contribution in [0.5, 0.6) is 5.75 Å². The Balaban J connectivity index is 1.56. The summed E-state index contributed by atoms with van der Waals surface area (Å²) in [5.74, 6) is -4.05. The summed E-state index contributed by atoms with van der Waals surface area (Å²) in [6.45, 7) is 0.770. The van der Waals surface area contributed by atoms with Crippen molar-refractivity contribution in [2.45, 2.75) is 62.5 Å². The summed E-state index contributed by atoms with van der Waals surface area (Å²) >= 11 is 5.99. The van der Waals surface area contributed by atoms with E-state index in [2.05, 4.69) is 10.3 Å². The number of alkyl halides is 3. The molecule has 2 N–H and O–H groups in total. The summed E-state index contributed by atoms with van der Waals surface area (Å²) in [6.07, 6.45) is -2.23. The monoisotopic (exact) mass is 556 g/mol. The van der Waals surface area contributed by atoms with Gasteiger partial charge in [0.1, 0.15) is 18.1 Å². The third kappa shape index (κ3) is 5.33. The molecular weight excluding hydrogens is 533 g/mol. The molecule has 0 unspecified atom stereocenters. The number of nitrogens with zero attached hydrogens (tertiary/aromatic N) is 4. The summed E-state index contributed by atoms with van der Waals surface area (Å²) in [5.41, 5.74) is -1.61. The van der Waals surface area contributed by atoms with Crippen molar-refractivity contribution >= 4 is 41.0 Å². The number of carbonyl (C=O) groups is 4. The summed E-state index contributed by atoms with van der Waals surface area (Å²) in [6, 6.07) is -0.356. The number of nitriles is 1. The molecule has 0 bridgehead atoms. The van der Waals surface area contributed by atoms with Crippen molar-refractivity contribution in [1.29, 1.82) is 5.26 Å². The zero-order chi connectivity index (χ0) is 28.0. The van der Waals surface area contributed by atoms with Crippen LogP contribution in [0, 0.1) is 17.2 Å². The van der Waals surface area contributed by atoms with Gasteiger partial charge >= 0.3 is 12.1 Å². The van der Waals surface area contributed by atoms with E-state index >= 15 is 0 Å². The molecule has 1 spiro atoms. The summed E-state index contributed by atoms with van der Waals surface area (Å²) in [5, 5.41) is 14.3. The highest BCUT2D eigenvalue weighted by Crippen LogP contribution is 2.41. The molecule has 1 aliphatic carbocycles. The molecule has 1 saturated heterocycles. The van der Waals surface area contributed by atoms with E-state index in [-0.39, 0.29) is 41.9 Å². The second-order valence-electron chi connectivity index (χ2n) is 9.70. The first kappa shape index (κ1) is 27.4. The van der Waals surface area contributed by atoms with Gasteiger partial charge in [0, 0.05) is 25.7 Å². The van der Waals surface area contributed by atoms with Crippen LogP contribution in [0.2, 0.25) is 5.02 Å². The van der Waals surface area contributed by atoms with Crippen LogP contribution < -0.4 is 15.4 Å². The van der Waals surface area contributed by atoms with Gasteiger partial charge in [-0.05, 0) is 19.3 Å². The van der Waals surface area contributed by atoms with Gasteiger partial charge in [0.05, 0.1) is 17.6 Å². The van der Waals surface area contributed by atoms with E-state index in [1.807, 2.05) is 6.07 Å². The molecule has 4 atom stereocenters. The normalized spacial score (nSPS) is 24.0. The van der Waals surface area contributed by atoms with E-state index in [1.165, 1.54) is 19.3 Å². The highest BCUT2D eigenvalue weighted by atomic mass is 35.5. The summed E-state index contributed by atoms with van der Waals surface area (Å²) < 4.78 is 43.9. The van der Waals surface area contributed by atoms with E-state index in [0.29, 0.717) is 0 Å². The van der Waals surface area contributed by atoms with E-state index in [1.54, 1.807) is 5.32 Å². The Morgan fingerprint density at radius 2 is 2.11 bits per heavy atom. The van der Waals surface area contributed by atoms with E-state index in [9.17, 15) is 37.6 Å². The van der Waals surface area contributed by atoms with Gasteiger partial charge in [0.2, 0.25) is 17.4 Å². The number of aromatic nitrogens is 1. The third-order valence-corrected chi connectivity index (χ3v) is 7.06. The van der Waals surface area contributed by atoms with Gasteiger partial charge < -0.3 is 25.2 Å². The van der Waals surface area contributed by atoms with Crippen LogP contribution in [0.25, 0.3) is 0 Å². The van der Waals surface area contributed by atoms with E-state index in [4.69, 9.17) is 16.3 Å². The molecule has 11 nitrogen and oxygen atoms in total. The highest BCUT2D eigenvalue weighted by molar-refractivity contribution is 6.30. The minimum absolute atomic E-state index is 0.102. The lowest BCUT2D eigenvalue weighted by atomic mass is 9.97. The largest absolute Gasteiger partial charge is 0.471 e. The molecule has 38 heavy (non-hydrogen) atoms. The number of nitrogens with one attached hydrogen (secondary N) is 2. The molecule has 15 heteroatoms. The van der Waals surface area contributed by atoms with Crippen LogP contribution in [0.1, 0.15) is 32.6 Å². The number of ether oxygens (including phenoxy) is 1. The highest BCUT2D eigenvalue weighted by Gasteiger charge is 2.57. The molecule has 3 heterocycles. The number of likely N-dealkylation sites (tertiary alicyclic amines) is 1. The second-order valence-corrected chi connectivity index (χ2v) is 10.1. The molecule has 2 aliphatic heterocycles. The van der Waals surface area contributed by atoms with Crippen molar-refractivity contribution in [2.24, 2.45) is 5.92 Å². The average Bonchev–Trinajstić information content (AvgIpc) is 3.60. The number of fused-ring (bicyclic) bond motifs is 1. The Morgan fingerprint density at radius 1 is 1.42 bits per heavy atom. The molecule has 4 rings (SSSR count). The number of carbonyl (C=O) groups excluding carboxylic acids is 4. The lowest BCUT2D eigenvalue weighted by Crippen LogP contribution is -2.57. The molecule has 1 saturated carbocycles. The summed E-state index contributed by atoms with van der Waals surface area (Å²) in [4.78, 5) is 57.2. The molecule has 204 valence electrons. The smallest absolute Gasteiger partial charge is 0.471 e. The minimum Gasteiger partial charge on any atom is -0.471 e. The van der Waals surface area contributed by atoms with Gasteiger partial charge in [-0.3, -0.25) is 19.2 Å². The van der Waals surface area contributed by atoms with Gasteiger partial charge in [-0.25, -0.2) is 4.98 Å². The van der Waals surface area contributed by atoms with E-state index < -0.39 is 53.5 Å². The van der Waals surface area contributed by atoms with Gasteiger partial charge in [-0.15, -0.1) is 0 Å². The fourth-order valence-electron chi connectivity index (χ4n) is 4.61. The quantitative estimate of drug-likeness (QED) is 0.541. The van der Waals surface area contributed by atoms with Crippen LogP contribution in [0.4, 0.5) is 19.0 Å². The van der Waals surface area contributed by atoms with Crippen LogP contribution >= 0.6 is 11.6 Å². The second kappa shape index (κ2) is 9.94. The first-order valence-electron chi connectivity index (χ1n) is 11.8. The van der Waals surface area contributed by atoms with Crippen LogP contribution in [-0.2, 0) is 19.2 Å². The number of likely N-dealkylation sites (N-methyl/N-ethyl adjacent to an activating group) is 1. The molecule has 0 aromatic carbocycles. The minimum atomic E-state index is -5.18. The zero-order valence-electron chi connectivity index (χ0n) is 20.3. The molecule has 1 aromatic rings. The molecule has 4 amide bonds. The number of pyridine rings is 1. The van der Waals surface area contributed by atoms with Gasteiger partial charge in [-0.1, -0.05) is 24.4 Å². The third-order valence-electron chi connectivity index (χ3n) is 6.86. The van der Waals surface area contributed by atoms with E-state index in [0.717, 1.165) is 29.6 Å². The molecule has 2 fully saturated rings. The van der Waals surface area contributed by atoms with Gasteiger partial charge in [0.25, 0.3) is 5.91 Å². The van der Waals surface area contributed by atoms with Crippen molar-refractivity contribution < 1.29 is 37.1 Å². The van der Waals surface area contributed by atoms with Crippen LogP contribution in [-0.4, -0.2) is 81.9 Å². The van der Waals surface area contributed by atoms with Crippen molar-refractivity contribution in [3.63, 3.8) is 0 Å². The maximum atomic E-state index is 13.8. The Kier molecular flexibility index (Phi) is 7.17. The molecular formula is C23H24ClF3N6O5. The molecule has 3 aliphatic rings. The number of amides is 4. The number of hydrogen-bond donors (Lipinski definition) is 2. The first-order chi connectivity index (χ1) is 17.8. The topological polar surface area (TPSA) is 145 Å². The predicted molar refractivity (Wildman–Crippen MR) is 125 cm³/mol. The van der Waals surface area contributed by atoms with Crippen molar-refractivity contribution in [2.75, 3.05) is 18.9 Å². The maximum absolute atomic E-state index is 13.8. The molecule has 0 radical (unpaired) electrons. The fraction of sp³-hybridized carbons (Fsp3) is 0.565. The van der Waals surface area contributed by atoms with Crippen molar-refractivity contribution in [3.8, 4) is 11.8 Å². The Hall–Kier alpha value is -3.60. The first-order valence-corrected chi connectivity index (χ1v) is 12.1. The zero-order valence-corrected chi connectivity index (χ0v) is 21.1. The maximum Gasteiger partial charge on any atom is 0.471 e. The van der Waals surface area contributed by atoms with Crippen LogP contribution in [0.3, 0.4) is 0 Å². The van der Waals surface area contributed by atoms with Gasteiger partial charge in [-0.2, -0.15) is 18.4 Å². The lowest BCUT2D eigenvalue weighted by molar-refractivity contribution is -0.175. The Bertz CT molecular complexity index is 1220. The van der Waals surface area contributed by atoms with Crippen molar-refractivity contribution in [1.82, 2.24) is 20.1 Å². The average molecular weight is 557 g/mol.